The summed E-state index contributed by atoms with van der Waals surface area (Å²) in [6.07, 6.45) is 7.71. The molecule has 0 saturated heterocycles. The third kappa shape index (κ3) is 3.74. The summed E-state index contributed by atoms with van der Waals surface area (Å²) < 4.78 is 5.13. The SMILES string of the molecule is COc1ccc(C=Nc2[nH]nc(NC3CCCCC3)c2C#N)cc1. The number of nitrogens with zero attached hydrogens (tertiary/aromatic N) is 3. The van der Waals surface area contributed by atoms with E-state index in [9.17, 15) is 5.26 Å². The van der Waals surface area contributed by atoms with Crippen molar-refractivity contribution in [3.05, 3.63) is 35.4 Å². The molecule has 0 bridgehead atoms. The number of H-pyrrole nitrogens is 1. The molecule has 6 heteroatoms. The Labute approximate surface area is 141 Å². The third-order valence-electron chi connectivity index (χ3n) is 4.26. The van der Waals surface area contributed by atoms with E-state index in [4.69, 9.17) is 4.74 Å². The number of nitriles is 1. The lowest BCUT2D eigenvalue weighted by molar-refractivity contribution is 0.415. The number of rotatable bonds is 5. The Kier molecular flexibility index (Phi) is 5.12. The van der Waals surface area contributed by atoms with Crippen LogP contribution in [0.2, 0.25) is 0 Å². The summed E-state index contributed by atoms with van der Waals surface area (Å²) >= 11 is 0. The normalized spacial score (nSPS) is 15.3. The van der Waals surface area contributed by atoms with Crippen LogP contribution in [0.5, 0.6) is 5.75 Å². The van der Waals surface area contributed by atoms with Crippen molar-refractivity contribution in [1.29, 1.82) is 5.26 Å². The molecule has 0 atom stereocenters. The van der Waals surface area contributed by atoms with Crippen molar-refractivity contribution in [2.45, 2.75) is 38.1 Å². The molecule has 1 aliphatic carbocycles. The predicted octanol–water partition coefficient (Wildman–Crippen LogP) is 3.79. The fraction of sp³-hybridized carbons (Fsp3) is 0.389. The van der Waals surface area contributed by atoms with E-state index < -0.39 is 0 Å². The summed E-state index contributed by atoms with van der Waals surface area (Å²) in [5.74, 6) is 1.88. The van der Waals surface area contributed by atoms with Crippen molar-refractivity contribution >= 4 is 17.9 Å². The van der Waals surface area contributed by atoms with E-state index in [1.54, 1.807) is 13.3 Å². The van der Waals surface area contributed by atoms with Gasteiger partial charge in [0, 0.05) is 12.3 Å². The standard InChI is InChI=1S/C18H21N5O/c1-24-15-9-7-13(8-10-15)12-20-17-16(11-19)18(23-22-17)21-14-5-3-2-4-6-14/h7-10,12,14H,2-6H2,1H3,(H2,21,22,23). The van der Waals surface area contributed by atoms with Gasteiger partial charge in [0.25, 0.3) is 0 Å². The van der Waals surface area contributed by atoms with Gasteiger partial charge in [0.05, 0.1) is 7.11 Å². The number of hydrogen-bond acceptors (Lipinski definition) is 5. The Morgan fingerprint density at radius 2 is 2.04 bits per heavy atom. The van der Waals surface area contributed by atoms with Gasteiger partial charge in [-0.1, -0.05) is 19.3 Å². The zero-order valence-corrected chi connectivity index (χ0v) is 13.7. The molecule has 24 heavy (non-hydrogen) atoms. The van der Waals surface area contributed by atoms with Gasteiger partial charge in [-0.3, -0.25) is 5.10 Å². The molecule has 0 unspecified atom stereocenters. The molecule has 124 valence electrons. The third-order valence-corrected chi connectivity index (χ3v) is 4.26. The molecular weight excluding hydrogens is 302 g/mol. The molecule has 2 aromatic rings. The minimum Gasteiger partial charge on any atom is -0.497 e. The number of benzene rings is 1. The average Bonchev–Trinajstić information content (AvgIpc) is 3.02. The molecule has 2 N–H and O–H groups in total. The van der Waals surface area contributed by atoms with E-state index in [0.717, 1.165) is 24.2 Å². The Morgan fingerprint density at radius 3 is 2.71 bits per heavy atom. The number of methoxy groups -OCH3 is 1. The second-order valence-electron chi connectivity index (χ2n) is 5.92. The topological polar surface area (TPSA) is 86.1 Å². The first kappa shape index (κ1) is 16.1. The van der Waals surface area contributed by atoms with Gasteiger partial charge in [0.2, 0.25) is 0 Å². The van der Waals surface area contributed by atoms with Crippen LogP contribution in [-0.2, 0) is 0 Å². The summed E-state index contributed by atoms with van der Waals surface area (Å²) in [5.41, 5.74) is 1.39. The summed E-state index contributed by atoms with van der Waals surface area (Å²) in [5, 5.41) is 19.9. The Bertz CT molecular complexity index is 736. The second kappa shape index (κ2) is 7.64. The molecular formula is C18H21N5O. The van der Waals surface area contributed by atoms with Gasteiger partial charge in [0.1, 0.15) is 17.4 Å². The molecule has 6 nitrogen and oxygen atoms in total. The van der Waals surface area contributed by atoms with Gasteiger partial charge in [-0.15, -0.1) is 0 Å². The summed E-state index contributed by atoms with van der Waals surface area (Å²) in [4.78, 5) is 4.37. The summed E-state index contributed by atoms with van der Waals surface area (Å²) in [6, 6.07) is 10.2. The van der Waals surface area contributed by atoms with E-state index in [1.165, 1.54) is 19.3 Å². The van der Waals surface area contributed by atoms with Crippen LogP contribution < -0.4 is 10.1 Å². The number of nitrogens with one attached hydrogen (secondary N) is 2. The van der Waals surface area contributed by atoms with Crippen LogP contribution in [0.15, 0.2) is 29.3 Å². The maximum absolute atomic E-state index is 9.44. The predicted molar refractivity (Wildman–Crippen MR) is 94.0 cm³/mol. The molecule has 0 amide bonds. The number of ether oxygens (including phenoxy) is 1. The Morgan fingerprint density at radius 1 is 1.29 bits per heavy atom. The van der Waals surface area contributed by atoms with Crippen molar-refractivity contribution in [2.24, 2.45) is 4.99 Å². The van der Waals surface area contributed by atoms with Crippen molar-refractivity contribution < 1.29 is 4.74 Å². The zero-order chi connectivity index (χ0) is 16.8. The zero-order valence-electron chi connectivity index (χ0n) is 13.7. The van der Waals surface area contributed by atoms with Gasteiger partial charge in [-0.2, -0.15) is 10.4 Å². The van der Waals surface area contributed by atoms with E-state index in [-0.39, 0.29) is 0 Å². The van der Waals surface area contributed by atoms with Crippen LogP contribution in [0, 0.1) is 11.3 Å². The highest BCUT2D eigenvalue weighted by Crippen LogP contribution is 2.26. The summed E-state index contributed by atoms with van der Waals surface area (Å²) in [6.45, 7) is 0. The summed E-state index contributed by atoms with van der Waals surface area (Å²) in [7, 11) is 1.63. The number of aromatic nitrogens is 2. The Balaban J connectivity index is 1.73. The average molecular weight is 323 g/mol. The van der Waals surface area contributed by atoms with E-state index in [1.807, 2.05) is 24.3 Å². The van der Waals surface area contributed by atoms with Gasteiger partial charge in [-0.05, 0) is 42.7 Å². The van der Waals surface area contributed by atoms with Crippen molar-refractivity contribution in [2.75, 3.05) is 12.4 Å². The molecule has 3 rings (SSSR count). The monoisotopic (exact) mass is 323 g/mol. The number of aliphatic imine (C=N–C) groups is 1. The lowest BCUT2D eigenvalue weighted by Gasteiger charge is -2.22. The molecule has 0 spiro atoms. The first-order valence-electron chi connectivity index (χ1n) is 8.23. The van der Waals surface area contributed by atoms with Gasteiger partial charge < -0.3 is 10.1 Å². The highest BCUT2D eigenvalue weighted by atomic mass is 16.5. The number of anilines is 1. The van der Waals surface area contributed by atoms with Crippen LogP contribution in [0.4, 0.5) is 11.6 Å². The van der Waals surface area contributed by atoms with Crippen LogP contribution in [0.3, 0.4) is 0 Å². The van der Waals surface area contributed by atoms with E-state index >= 15 is 0 Å². The van der Waals surface area contributed by atoms with Gasteiger partial charge in [0.15, 0.2) is 11.6 Å². The van der Waals surface area contributed by atoms with Crippen molar-refractivity contribution in [3.8, 4) is 11.8 Å². The number of hydrogen-bond donors (Lipinski definition) is 2. The highest BCUT2D eigenvalue weighted by Gasteiger charge is 2.18. The molecule has 0 radical (unpaired) electrons. The second-order valence-corrected chi connectivity index (χ2v) is 5.92. The Hall–Kier alpha value is -2.81. The molecule has 1 fully saturated rings. The van der Waals surface area contributed by atoms with Crippen LogP contribution in [0.25, 0.3) is 0 Å². The molecule has 1 aromatic carbocycles. The minimum atomic E-state index is 0.396. The molecule has 0 aliphatic heterocycles. The lowest BCUT2D eigenvalue weighted by atomic mass is 9.95. The number of aromatic amines is 1. The molecule has 1 aliphatic rings. The quantitative estimate of drug-likeness (QED) is 0.820. The van der Waals surface area contributed by atoms with Crippen molar-refractivity contribution in [1.82, 2.24) is 10.2 Å². The van der Waals surface area contributed by atoms with E-state index in [0.29, 0.717) is 23.2 Å². The van der Waals surface area contributed by atoms with Crippen molar-refractivity contribution in [3.63, 3.8) is 0 Å². The minimum absolute atomic E-state index is 0.396. The molecule has 1 aromatic heterocycles. The smallest absolute Gasteiger partial charge is 0.168 e. The van der Waals surface area contributed by atoms with E-state index in [2.05, 4.69) is 26.6 Å². The van der Waals surface area contributed by atoms with Crippen LogP contribution in [-0.4, -0.2) is 29.6 Å². The first-order valence-corrected chi connectivity index (χ1v) is 8.23. The van der Waals surface area contributed by atoms with Gasteiger partial charge >= 0.3 is 0 Å². The van der Waals surface area contributed by atoms with Crippen LogP contribution in [0.1, 0.15) is 43.2 Å². The fourth-order valence-electron chi connectivity index (χ4n) is 2.91. The lowest BCUT2D eigenvalue weighted by Crippen LogP contribution is -2.22. The van der Waals surface area contributed by atoms with Crippen LogP contribution >= 0.6 is 0 Å². The maximum Gasteiger partial charge on any atom is 0.168 e. The largest absolute Gasteiger partial charge is 0.497 e. The van der Waals surface area contributed by atoms with Gasteiger partial charge in [-0.25, -0.2) is 4.99 Å². The first-order chi connectivity index (χ1) is 11.8. The fourth-order valence-corrected chi connectivity index (χ4v) is 2.91. The molecule has 1 heterocycles. The highest BCUT2D eigenvalue weighted by molar-refractivity contribution is 5.83. The maximum atomic E-state index is 9.44. The molecule has 1 saturated carbocycles.